The summed E-state index contributed by atoms with van der Waals surface area (Å²) in [6.07, 6.45) is 5.15. The fraction of sp³-hybridized carbons (Fsp3) is 0.200. The summed E-state index contributed by atoms with van der Waals surface area (Å²) in [6.45, 7) is 1.39. The second-order valence-corrected chi connectivity index (χ2v) is 5.70. The third-order valence-electron chi connectivity index (χ3n) is 3.83. The van der Waals surface area contributed by atoms with Gasteiger partial charge >= 0.3 is 0 Å². The molecular weight excluding hydrogens is 324 g/mol. The molecule has 0 radical (unpaired) electrons. The van der Waals surface area contributed by atoms with Crippen molar-refractivity contribution in [1.29, 1.82) is 5.26 Å². The molecule has 0 aliphatic heterocycles. The average molecular weight is 344 g/mol. The maximum Gasteiger partial charge on any atom is 0.146 e. The lowest BCUT2D eigenvalue weighted by Crippen LogP contribution is -2.11. The van der Waals surface area contributed by atoms with Gasteiger partial charge < -0.3 is 10.6 Å². The van der Waals surface area contributed by atoms with Crippen LogP contribution in [0.3, 0.4) is 0 Å². The second kappa shape index (κ2) is 9.14. The molecule has 2 N–H and O–H groups in total. The van der Waals surface area contributed by atoms with Crippen LogP contribution in [0.25, 0.3) is 0 Å². The Bertz CT molecular complexity index is 858. The molecule has 6 heteroatoms. The van der Waals surface area contributed by atoms with Gasteiger partial charge in [0.25, 0.3) is 0 Å². The van der Waals surface area contributed by atoms with Crippen molar-refractivity contribution >= 4 is 11.6 Å². The standard InChI is InChI=1S/C20H20N6/c21-15-16-7-8-19(24-13-9-17-5-1-3-11-22-17)26-20(16)25-14-10-18-6-2-4-12-23-18/h1-8,11-12H,9-10,13-14H2,(H2,24,25,26). The lowest BCUT2D eigenvalue weighted by molar-refractivity contribution is 0.942. The van der Waals surface area contributed by atoms with Gasteiger partial charge in [0.2, 0.25) is 0 Å². The van der Waals surface area contributed by atoms with Gasteiger partial charge in [-0.3, -0.25) is 9.97 Å². The van der Waals surface area contributed by atoms with Gasteiger partial charge in [0.05, 0.1) is 5.56 Å². The molecule has 0 spiro atoms. The molecule has 0 aliphatic rings. The van der Waals surface area contributed by atoms with Crippen molar-refractivity contribution in [3.8, 4) is 6.07 Å². The predicted octanol–water partition coefficient (Wildman–Crippen LogP) is 3.05. The van der Waals surface area contributed by atoms with E-state index in [1.54, 1.807) is 18.5 Å². The van der Waals surface area contributed by atoms with Gasteiger partial charge in [-0.2, -0.15) is 5.26 Å². The fourth-order valence-electron chi connectivity index (χ4n) is 2.50. The third kappa shape index (κ3) is 5.02. The Balaban J connectivity index is 1.56. The van der Waals surface area contributed by atoms with Crippen LogP contribution in [0.4, 0.5) is 11.6 Å². The zero-order chi connectivity index (χ0) is 18.0. The van der Waals surface area contributed by atoms with E-state index in [1.165, 1.54) is 0 Å². The summed E-state index contributed by atoms with van der Waals surface area (Å²) >= 11 is 0. The van der Waals surface area contributed by atoms with Crippen LogP contribution in [0.15, 0.2) is 60.9 Å². The molecule has 0 aliphatic carbocycles. The Morgan fingerprint density at radius 3 is 2.04 bits per heavy atom. The number of nitrogens with one attached hydrogen (secondary N) is 2. The summed E-state index contributed by atoms with van der Waals surface area (Å²) in [5.74, 6) is 1.33. The summed E-state index contributed by atoms with van der Waals surface area (Å²) in [4.78, 5) is 13.1. The smallest absolute Gasteiger partial charge is 0.146 e. The number of hydrogen-bond donors (Lipinski definition) is 2. The fourth-order valence-corrected chi connectivity index (χ4v) is 2.50. The number of hydrogen-bond acceptors (Lipinski definition) is 6. The van der Waals surface area contributed by atoms with E-state index in [-0.39, 0.29) is 0 Å². The van der Waals surface area contributed by atoms with Gasteiger partial charge in [0.15, 0.2) is 0 Å². The highest BCUT2D eigenvalue weighted by atomic mass is 15.1. The Morgan fingerprint density at radius 2 is 1.46 bits per heavy atom. The topological polar surface area (TPSA) is 86.5 Å². The highest BCUT2D eigenvalue weighted by Crippen LogP contribution is 2.15. The zero-order valence-electron chi connectivity index (χ0n) is 14.4. The Kier molecular flexibility index (Phi) is 6.10. The van der Waals surface area contributed by atoms with Crippen LogP contribution in [-0.2, 0) is 12.8 Å². The summed E-state index contributed by atoms with van der Waals surface area (Å²) in [5.41, 5.74) is 2.56. The molecule has 0 unspecified atom stereocenters. The molecule has 6 nitrogen and oxygen atoms in total. The quantitative estimate of drug-likeness (QED) is 0.653. The molecular formula is C20H20N6. The van der Waals surface area contributed by atoms with Crippen LogP contribution >= 0.6 is 0 Å². The Labute approximate surface area is 153 Å². The molecule has 0 aromatic carbocycles. The van der Waals surface area contributed by atoms with Crippen molar-refractivity contribution in [2.45, 2.75) is 12.8 Å². The van der Waals surface area contributed by atoms with Gasteiger partial charge in [-0.05, 0) is 36.4 Å². The normalized spacial score (nSPS) is 10.1. The molecule has 0 fully saturated rings. The molecule has 130 valence electrons. The van der Waals surface area contributed by atoms with Crippen LogP contribution in [-0.4, -0.2) is 28.0 Å². The van der Waals surface area contributed by atoms with Crippen molar-refractivity contribution in [1.82, 2.24) is 15.0 Å². The molecule has 3 aromatic heterocycles. The summed E-state index contributed by atoms with van der Waals surface area (Å²) in [5, 5.41) is 15.8. The van der Waals surface area contributed by atoms with E-state index in [0.29, 0.717) is 17.9 Å². The van der Waals surface area contributed by atoms with Crippen molar-refractivity contribution < 1.29 is 0 Å². The SMILES string of the molecule is N#Cc1ccc(NCCc2ccccn2)nc1NCCc1ccccn1. The number of nitriles is 1. The van der Waals surface area contributed by atoms with E-state index < -0.39 is 0 Å². The number of rotatable bonds is 8. The first-order valence-corrected chi connectivity index (χ1v) is 8.54. The van der Waals surface area contributed by atoms with Crippen LogP contribution < -0.4 is 10.6 Å². The van der Waals surface area contributed by atoms with E-state index in [0.717, 1.165) is 36.6 Å². The largest absolute Gasteiger partial charge is 0.370 e. The van der Waals surface area contributed by atoms with Gasteiger partial charge in [0, 0.05) is 49.7 Å². The van der Waals surface area contributed by atoms with Gasteiger partial charge in [-0.25, -0.2) is 4.98 Å². The first kappa shape index (κ1) is 17.4. The molecule has 0 amide bonds. The summed E-state index contributed by atoms with van der Waals surface area (Å²) in [6, 6.07) is 17.5. The maximum atomic E-state index is 9.28. The highest BCUT2D eigenvalue weighted by molar-refractivity contribution is 5.56. The number of nitrogens with zero attached hydrogens (tertiary/aromatic N) is 4. The number of aromatic nitrogens is 3. The second-order valence-electron chi connectivity index (χ2n) is 5.70. The first-order chi connectivity index (χ1) is 12.8. The van der Waals surface area contributed by atoms with Gasteiger partial charge in [0.1, 0.15) is 17.7 Å². The number of anilines is 2. The van der Waals surface area contributed by atoms with Crippen molar-refractivity contribution in [2.24, 2.45) is 0 Å². The molecule has 0 saturated carbocycles. The van der Waals surface area contributed by atoms with E-state index in [9.17, 15) is 5.26 Å². The lowest BCUT2D eigenvalue weighted by atomic mass is 10.2. The van der Waals surface area contributed by atoms with Crippen LogP contribution in [0, 0.1) is 11.3 Å². The minimum absolute atomic E-state index is 0.529. The molecule has 0 bridgehead atoms. The summed E-state index contributed by atoms with van der Waals surface area (Å²) in [7, 11) is 0. The monoisotopic (exact) mass is 344 g/mol. The number of pyridine rings is 3. The molecule has 3 aromatic rings. The Morgan fingerprint density at radius 1 is 0.808 bits per heavy atom. The zero-order valence-corrected chi connectivity index (χ0v) is 14.4. The van der Waals surface area contributed by atoms with E-state index in [2.05, 4.69) is 31.7 Å². The van der Waals surface area contributed by atoms with Crippen molar-refractivity contribution in [2.75, 3.05) is 23.7 Å². The highest BCUT2D eigenvalue weighted by Gasteiger charge is 2.06. The van der Waals surface area contributed by atoms with Gasteiger partial charge in [-0.15, -0.1) is 0 Å². The van der Waals surface area contributed by atoms with E-state index in [1.807, 2.05) is 42.5 Å². The first-order valence-electron chi connectivity index (χ1n) is 8.54. The average Bonchev–Trinajstić information content (AvgIpc) is 2.70. The van der Waals surface area contributed by atoms with E-state index in [4.69, 9.17) is 0 Å². The van der Waals surface area contributed by atoms with Crippen LogP contribution in [0.2, 0.25) is 0 Å². The Hall–Kier alpha value is -3.46. The molecule has 26 heavy (non-hydrogen) atoms. The molecule has 0 saturated heterocycles. The minimum atomic E-state index is 0.529. The van der Waals surface area contributed by atoms with Crippen molar-refractivity contribution in [3.63, 3.8) is 0 Å². The van der Waals surface area contributed by atoms with Crippen LogP contribution in [0.5, 0.6) is 0 Å². The van der Waals surface area contributed by atoms with Gasteiger partial charge in [-0.1, -0.05) is 12.1 Å². The predicted molar refractivity (Wildman–Crippen MR) is 102 cm³/mol. The van der Waals surface area contributed by atoms with Crippen molar-refractivity contribution in [3.05, 3.63) is 77.9 Å². The molecule has 3 heterocycles. The van der Waals surface area contributed by atoms with Crippen LogP contribution in [0.1, 0.15) is 17.0 Å². The lowest BCUT2D eigenvalue weighted by Gasteiger charge is -2.10. The molecule has 3 rings (SSSR count). The third-order valence-corrected chi connectivity index (χ3v) is 3.83. The molecule has 0 atom stereocenters. The summed E-state index contributed by atoms with van der Waals surface area (Å²) < 4.78 is 0. The van der Waals surface area contributed by atoms with E-state index >= 15 is 0 Å². The maximum absolute atomic E-state index is 9.28. The minimum Gasteiger partial charge on any atom is -0.370 e.